The second-order valence-corrected chi connectivity index (χ2v) is 4.20. The van der Waals surface area contributed by atoms with Crippen molar-refractivity contribution in [2.24, 2.45) is 0 Å². The van der Waals surface area contributed by atoms with Crippen LogP contribution in [0.15, 0.2) is 30.3 Å². The second kappa shape index (κ2) is 4.99. The zero-order valence-electron chi connectivity index (χ0n) is 9.85. The van der Waals surface area contributed by atoms with E-state index in [2.05, 4.69) is 5.32 Å². The van der Waals surface area contributed by atoms with E-state index in [-0.39, 0.29) is 24.4 Å². The minimum atomic E-state index is -0.0545. The van der Waals surface area contributed by atoms with Gasteiger partial charge in [-0.3, -0.25) is 9.59 Å². The minimum absolute atomic E-state index is 0.0106. The summed E-state index contributed by atoms with van der Waals surface area (Å²) in [6.45, 7) is 2.58. The first-order valence-corrected chi connectivity index (χ1v) is 5.79. The predicted octanol–water partition coefficient (Wildman–Crippen LogP) is 1.10. The maximum absolute atomic E-state index is 11.9. The number of rotatable bonds is 2. The fraction of sp³-hybridized carbons (Fsp3) is 0.385. The van der Waals surface area contributed by atoms with Crippen LogP contribution in [0.4, 0.5) is 0 Å². The lowest BCUT2D eigenvalue weighted by Crippen LogP contribution is -2.37. The van der Waals surface area contributed by atoms with Crippen LogP contribution in [0.1, 0.15) is 24.9 Å². The lowest BCUT2D eigenvalue weighted by molar-refractivity contribution is -0.132. The molecule has 2 rings (SSSR count). The third-order valence-corrected chi connectivity index (χ3v) is 3.09. The van der Waals surface area contributed by atoms with Crippen molar-refractivity contribution in [1.29, 1.82) is 0 Å². The normalized spacial score (nSPS) is 18.5. The van der Waals surface area contributed by atoms with E-state index in [1.807, 2.05) is 37.3 Å². The molecule has 0 radical (unpaired) electrons. The van der Waals surface area contributed by atoms with Crippen LogP contribution in [0.5, 0.6) is 0 Å². The molecule has 1 N–H and O–H groups in total. The highest BCUT2D eigenvalue weighted by atomic mass is 16.2. The number of hydrogen-bond acceptors (Lipinski definition) is 2. The average molecular weight is 232 g/mol. The summed E-state index contributed by atoms with van der Waals surface area (Å²) in [6, 6.07) is 9.87. The summed E-state index contributed by atoms with van der Waals surface area (Å²) < 4.78 is 0. The maximum Gasteiger partial charge on any atom is 0.242 e. The highest BCUT2D eigenvalue weighted by Gasteiger charge is 2.24. The third-order valence-electron chi connectivity index (χ3n) is 3.09. The Labute approximate surface area is 101 Å². The van der Waals surface area contributed by atoms with E-state index in [1.165, 1.54) is 0 Å². The Morgan fingerprint density at radius 3 is 2.65 bits per heavy atom. The van der Waals surface area contributed by atoms with Crippen LogP contribution >= 0.6 is 0 Å². The van der Waals surface area contributed by atoms with E-state index < -0.39 is 0 Å². The van der Waals surface area contributed by atoms with Crippen molar-refractivity contribution in [1.82, 2.24) is 10.2 Å². The Balaban J connectivity index is 2.15. The zero-order valence-corrected chi connectivity index (χ0v) is 9.85. The van der Waals surface area contributed by atoms with Crippen LogP contribution in [0.2, 0.25) is 0 Å². The molecule has 1 aliphatic heterocycles. The molecular weight excluding hydrogens is 216 g/mol. The van der Waals surface area contributed by atoms with Crippen molar-refractivity contribution in [3.8, 4) is 0 Å². The van der Waals surface area contributed by atoms with E-state index >= 15 is 0 Å². The van der Waals surface area contributed by atoms with Gasteiger partial charge in [-0.05, 0) is 12.5 Å². The Bertz CT molecular complexity index is 417. The predicted molar refractivity (Wildman–Crippen MR) is 64.2 cm³/mol. The number of carbonyl (C=O) groups excluding carboxylic acids is 2. The summed E-state index contributed by atoms with van der Waals surface area (Å²) in [5.41, 5.74) is 1.09. The molecular formula is C13H16N2O2. The molecule has 1 heterocycles. The smallest absolute Gasteiger partial charge is 0.242 e. The van der Waals surface area contributed by atoms with Gasteiger partial charge in [-0.1, -0.05) is 30.3 Å². The summed E-state index contributed by atoms with van der Waals surface area (Å²) in [7, 11) is 0. The van der Waals surface area contributed by atoms with Gasteiger partial charge in [0.2, 0.25) is 11.8 Å². The molecule has 0 bridgehead atoms. The maximum atomic E-state index is 11.9. The number of carbonyl (C=O) groups is 2. The van der Waals surface area contributed by atoms with Crippen LogP contribution in [-0.4, -0.2) is 29.8 Å². The van der Waals surface area contributed by atoms with Gasteiger partial charge in [0, 0.05) is 13.0 Å². The molecule has 0 aromatic heterocycles. The van der Waals surface area contributed by atoms with Crippen molar-refractivity contribution < 1.29 is 9.59 Å². The van der Waals surface area contributed by atoms with Crippen molar-refractivity contribution in [2.45, 2.75) is 19.4 Å². The number of amides is 2. The van der Waals surface area contributed by atoms with Gasteiger partial charge < -0.3 is 10.2 Å². The Morgan fingerprint density at radius 2 is 1.94 bits per heavy atom. The summed E-state index contributed by atoms with van der Waals surface area (Å²) >= 11 is 0. The summed E-state index contributed by atoms with van der Waals surface area (Å²) in [5.74, 6) is -0.0756. The molecule has 0 aliphatic carbocycles. The molecule has 2 amide bonds. The first-order chi connectivity index (χ1) is 8.18. The molecule has 1 fully saturated rings. The minimum Gasteiger partial charge on any atom is -0.347 e. The molecule has 4 heteroatoms. The van der Waals surface area contributed by atoms with Crippen molar-refractivity contribution >= 4 is 11.8 Å². The standard InChI is InChI=1S/C13H16N2O2/c1-10(11-5-3-2-4-6-11)15-8-7-12(16)14-9-13(15)17/h2-6,10H,7-9H2,1H3,(H,14,16). The summed E-state index contributed by atoms with van der Waals surface area (Å²) in [4.78, 5) is 24.9. The van der Waals surface area contributed by atoms with Gasteiger partial charge in [-0.15, -0.1) is 0 Å². The van der Waals surface area contributed by atoms with Crippen LogP contribution in [0.25, 0.3) is 0 Å². The monoisotopic (exact) mass is 232 g/mol. The van der Waals surface area contributed by atoms with Gasteiger partial charge in [0.25, 0.3) is 0 Å². The van der Waals surface area contributed by atoms with Gasteiger partial charge in [-0.25, -0.2) is 0 Å². The largest absolute Gasteiger partial charge is 0.347 e. The van der Waals surface area contributed by atoms with Crippen LogP contribution in [-0.2, 0) is 9.59 Å². The molecule has 1 aliphatic rings. The highest BCUT2D eigenvalue weighted by Crippen LogP contribution is 2.20. The number of nitrogens with one attached hydrogen (secondary N) is 1. The Hall–Kier alpha value is -1.84. The quantitative estimate of drug-likeness (QED) is 0.830. The van der Waals surface area contributed by atoms with Crippen molar-refractivity contribution in [3.63, 3.8) is 0 Å². The molecule has 90 valence electrons. The molecule has 1 aromatic carbocycles. The number of nitrogens with zero attached hydrogens (tertiary/aromatic N) is 1. The molecule has 17 heavy (non-hydrogen) atoms. The van der Waals surface area contributed by atoms with E-state index in [9.17, 15) is 9.59 Å². The molecule has 1 atom stereocenters. The molecule has 1 unspecified atom stereocenters. The van der Waals surface area contributed by atoms with Gasteiger partial charge in [0.1, 0.15) is 0 Å². The Kier molecular flexibility index (Phi) is 3.42. The topological polar surface area (TPSA) is 49.4 Å². The summed E-state index contributed by atoms with van der Waals surface area (Å²) in [5, 5.41) is 2.60. The van der Waals surface area contributed by atoms with Gasteiger partial charge >= 0.3 is 0 Å². The van der Waals surface area contributed by atoms with E-state index in [4.69, 9.17) is 0 Å². The second-order valence-electron chi connectivity index (χ2n) is 4.20. The number of benzene rings is 1. The molecule has 4 nitrogen and oxygen atoms in total. The van der Waals surface area contributed by atoms with Crippen LogP contribution in [0.3, 0.4) is 0 Å². The number of hydrogen-bond donors (Lipinski definition) is 1. The first-order valence-electron chi connectivity index (χ1n) is 5.79. The SMILES string of the molecule is CC(c1ccccc1)N1CCC(=O)NCC1=O. The molecule has 1 saturated heterocycles. The van der Waals surface area contributed by atoms with E-state index in [1.54, 1.807) is 4.90 Å². The van der Waals surface area contributed by atoms with E-state index in [0.29, 0.717) is 13.0 Å². The molecule has 0 spiro atoms. The molecule has 1 aromatic rings. The summed E-state index contributed by atoms with van der Waals surface area (Å²) in [6.07, 6.45) is 0.378. The van der Waals surface area contributed by atoms with E-state index in [0.717, 1.165) is 5.56 Å². The first kappa shape index (κ1) is 11.6. The third kappa shape index (κ3) is 2.64. The fourth-order valence-electron chi connectivity index (χ4n) is 2.03. The highest BCUT2D eigenvalue weighted by molar-refractivity contribution is 5.87. The molecule has 0 saturated carbocycles. The van der Waals surface area contributed by atoms with Crippen LogP contribution < -0.4 is 5.32 Å². The van der Waals surface area contributed by atoms with Crippen molar-refractivity contribution in [2.75, 3.05) is 13.1 Å². The van der Waals surface area contributed by atoms with Gasteiger partial charge in [0.15, 0.2) is 0 Å². The lowest BCUT2D eigenvalue weighted by Gasteiger charge is -2.27. The van der Waals surface area contributed by atoms with Crippen molar-refractivity contribution in [3.05, 3.63) is 35.9 Å². The average Bonchev–Trinajstić information content (AvgIpc) is 2.52. The van der Waals surface area contributed by atoms with Gasteiger partial charge in [-0.2, -0.15) is 0 Å². The zero-order chi connectivity index (χ0) is 12.3. The fourth-order valence-corrected chi connectivity index (χ4v) is 2.03. The van der Waals surface area contributed by atoms with Gasteiger partial charge in [0.05, 0.1) is 12.6 Å². The van der Waals surface area contributed by atoms with Crippen LogP contribution in [0, 0.1) is 0 Å². The lowest BCUT2D eigenvalue weighted by atomic mass is 10.1. The Morgan fingerprint density at radius 1 is 1.24 bits per heavy atom.